The number of aromatic nitrogens is 3. The summed E-state index contributed by atoms with van der Waals surface area (Å²) in [5, 5.41) is 0.601. The van der Waals surface area contributed by atoms with Gasteiger partial charge in [-0.25, -0.2) is 9.18 Å². The van der Waals surface area contributed by atoms with E-state index in [0.717, 1.165) is 6.04 Å². The third-order valence-electron chi connectivity index (χ3n) is 5.18. The fourth-order valence-electron chi connectivity index (χ4n) is 3.38. The molecular formula is C22H34ClFN4O4Si. The SMILES string of the molecule is CC(C)(C)OC(=O)N1CC[C@H](F)[C@H](Oc2nc(Cl)nc3c2ccn3COCC[Si](C)(C)C)C1. The lowest BCUT2D eigenvalue weighted by molar-refractivity contribution is -0.0129. The molecule has 3 rings (SSSR count). The zero-order chi connectivity index (χ0) is 24.4. The van der Waals surface area contributed by atoms with Gasteiger partial charge in [0.25, 0.3) is 0 Å². The second-order valence-corrected chi connectivity index (χ2v) is 16.5. The summed E-state index contributed by atoms with van der Waals surface area (Å²) in [5.41, 5.74) is -0.0833. The van der Waals surface area contributed by atoms with Crippen LogP contribution in [0.25, 0.3) is 11.0 Å². The molecule has 0 unspecified atom stereocenters. The minimum atomic E-state index is -1.25. The molecule has 0 N–H and O–H groups in total. The molecule has 3 heterocycles. The molecule has 1 aliphatic rings. The van der Waals surface area contributed by atoms with Crippen molar-refractivity contribution in [1.82, 2.24) is 19.4 Å². The molecule has 33 heavy (non-hydrogen) atoms. The van der Waals surface area contributed by atoms with Crippen molar-refractivity contribution in [2.24, 2.45) is 0 Å². The first kappa shape index (κ1) is 25.7. The molecule has 0 aromatic carbocycles. The van der Waals surface area contributed by atoms with E-state index < -0.39 is 32.0 Å². The van der Waals surface area contributed by atoms with Crippen LogP contribution in [0.4, 0.5) is 9.18 Å². The van der Waals surface area contributed by atoms with E-state index >= 15 is 0 Å². The Balaban J connectivity index is 1.72. The number of alkyl halides is 1. The van der Waals surface area contributed by atoms with E-state index in [0.29, 0.717) is 24.4 Å². The van der Waals surface area contributed by atoms with Crippen molar-refractivity contribution in [3.63, 3.8) is 0 Å². The van der Waals surface area contributed by atoms with Gasteiger partial charge in [-0.2, -0.15) is 9.97 Å². The Morgan fingerprint density at radius 2 is 2.03 bits per heavy atom. The largest absolute Gasteiger partial charge is 0.469 e. The summed E-state index contributed by atoms with van der Waals surface area (Å²) in [7, 11) is -1.18. The number of ether oxygens (including phenoxy) is 3. The summed E-state index contributed by atoms with van der Waals surface area (Å²) < 4.78 is 33.7. The summed E-state index contributed by atoms with van der Waals surface area (Å²) in [6.45, 7) is 13.6. The second kappa shape index (κ2) is 10.1. The summed E-state index contributed by atoms with van der Waals surface area (Å²) in [5.74, 6) is 0.185. The average molecular weight is 501 g/mol. The van der Waals surface area contributed by atoms with E-state index in [1.165, 1.54) is 4.90 Å². The van der Waals surface area contributed by atoms with Gasteiger partial charge >= 0.3 is 6.09 Å². The zero-order valence-corrected chi connectivity index (χ0v) is 22.0. The molecular weight excluding hydrogens is 467 g/mol. The molecule has 11 heteroatoms. The summed E-state index contributed by atoms with van der Waals surface area (Å²) >= 11 is 6.15. The highest BCUT2D eigenvalue weighted by Crippen LogP contribution is 2.29. The van der Waals surface area contributed by atoms with Crippen LogP contribution >= 0.6 is 11.6 Å². The van der Waals surface area contributed by atoms with Crippen LogP contribution in [-0.4, -0.2) is 71.2 Å². The van der Waals surface area contributed by atoms with Gasteiger partial charge in [0.2, 0.25) is 11.2 Å². The summed E-state index contributed by atoms with van der Waals surface area (Å²) in [6.07, 6.45) is -0.665. The monoisotopic (exact) mass is 500 g/mol. The number of fused-ring (bicyclic) bond motifs is 1. The quantitative estimate of drug-likeness (QED) is 0.298. The minimum absolute atomic E-state index is 0.00485. The van der Waals surface area contributed by atoms with Gasteiger partial charge in [-0.05, 0) is 44.5 Å². The average Bonchev–Trinajstić information content (AvgIpc) is 3.07. The fraction of sp³-hybridized carbons (Fsp3) is 0.682. The molecule has 2 aromatic heterocycles. The maximum Gasteiger partial charge on any atom is 0.410 e. The highest BCUT2D eigenvalue weighted by Gasteiger charge is 2.35. The lowest BCUT2D eigenvalue weighted by atomic mass is 10.1. The number of likely N-dealkylation sites (tertiary alicyclic amines) is 1. The Bertz CT molecular complexity index is 976. The Hall–Kier alpha value is -1.91. The molecule has 0 saturated carbocycles. The third kappa shape index (κ3) is 7.28. The van der Waals surface area contributed by atoms with Crippen LogP contribution in [0, 0.1) is 0 Å². The number of hydrogen-bond acceptors (Lipinski definition) is 6. The molecule has 1 fully saturated rings. The van der Waals surface area contributed by atoms with Crippen molar-refractivity contribution < 1.29 is 23.4 Å². The van der Waals surface area contributed by atoms with Crippen molar-refractivity contribution in [3.8, 4) is 5.88 Å². The normalized spacial score (nSPS) is 19.7. The van der Waals surface area contributed by atoms with E-state index in [4.69, 9.17) is 25.8 Å². The summed E-state index contributed by atoms with van der Waals surface area (Å²) in [4.78, 5) is 22.4. The van der Waals surface area contributed by atoms with Crippen LogP contribution in [0.3, 0.4) is 0 Å². The molecule has 1 saturated heterocycles. The van der Waals surface area contributed by atoms with Crippen LogP contribution < -0.4 is 4.74 Å². The molecule has 0 radical (unpaired) electrons. The molecule has 8 nitrogen and oxygen atoms in total. The van der Waals surface area contributed by atoms with Crippen molar-refractivity contribution in [2.45, 2.75) is 77.5 Å². The maximum absolute atomic E-state index is 14.7. The number of amides is 1. The van der Waals surface area contributed by atoms with Gasteiger partial charge in [0.1, 0.15) is 24.6 Å². The van der Waals surface area contributed by atoms with E-state index in [9.17, 15) is 9.18 Å². The first-order valence-electron chi connectivity index (χ1n) is 11.2. The highest BCUT2D eigenvalue weighted by molar-refractivity contribution is 6.76. The molecule has 1 amide bonds. The van der Waals surface area contributed by atoms with Crippen LogP contribution in [0.5, 0.6) is 5.88 Å². The van der Waals surface area contributed by atoms with Gasteiger partial charge in [0.05, 0.1) is 11.9 Å². The number of carbonyl (C=O) groups excluding carboxylic acids is 1. The minimum Gasteiger partial charge on any atom is -0.469 e. The van der Waals surface area contributed by atoms with Gasteiger partial charge in [-0.15, -0.1) is 0 Å². The summed E-state index contributed by atoms with van der Waals surface area (Å²) in [6, 6.07) is 2.86. The Labute approximate surface area is 200 Å². The van der Waals surface area contributed by atoms with Crippen molar-refractivity contribution >= 4 is 36.8 Å². The third-order valence-corrected chi connectivity index (χ3v) is 7.05. The molecule has 2 atom stereocenters. The predicted molar refractivity (Wildman–Crippen MR) is 128 cm³/mol. The van der Waals surface area contributed by atoms with Gasteiger partial charge in [-0.1, -0.05) is 19.6 Å². The van der Waals surface area contributed by atoms with Gasteiger partial charge < -0.3 is 23.7 Å². The molecule has 1 aliphatic heterocycles. The number of nitrogens with zero attached hydrogens (tertiary/aromatic N) is 4. The van der Waals surface area contributed by atoms with E-state index in [1.54, 1.807) is 26.8 Å². The van der Waals surface area contributed by atoms with Crippen LogP contribution in [0.2, 0.25) is 31.0 Å². The lowest BCUT2D eigenvalue weighted by Gasteiger charge is -2.35. The molecule has 0 spiro atoms. The number of halogens is 2. The van der Waals surface area contributed by atoms with Gasteiger partial charge in [0, 0.05) is 33.8 Å². The van der Waals surface area contributed by atoms with Crippen LogP contribution in [0.1, 0.15) is 27.2 Å². The zero-order valence-electron chi connectivity index (χ0n) is 20.2. The standard InChI is InChI=1S/C22H34ClFN4O4Si/c1-22(2,3)32-21(29)27-10-8-16(24)17(13-27)31-19-15-7-9-28(18(15)25-20(23)26-19)14-30-11-12-33(4,5)6/h7,9,16-17H,8,10-14H2,1-6H3/t16-,17+/m0/s1. The molecule has 0 aliphatic carbocycles. The Morgan fingerprint density at radius 1 is 1.30 bits per heavy atom. The van der Waals surface area contributed by atoms with E-state index in [-0.39, 0.29) is 30.7 Å². The number of hydrogen-bond donors (Lipinski definition) is 0. The van der Waals surface area contributed by atoms with Crippen molar-refractivity contribution in [3.05, 3.63) is 17.5 Å². The smallest absolute Gasteiger partial charge is 0.410 e. The molecule has 0 bridgehead atoms. The van der Waals surface area contributed by atoms with E-state index in [2.05, 4.69) is 29.6 Å². The van der Waals surface area contributed by atoms with Crippen molar-refractivity contribution in [2.75, 3.05) is 19.7 Å². The lowest BCUT2D eigenvalue weighted by Crippen LogP contribution is -2.51. The van der Waals surface area contributed by atoms with E-state index in [1.807, 2.05) is 10.8 Å². The number of rotatable bonds is 7. The first-order valence-corrected chi connectivity index (χ1v) is 15.3. The fourth-order valence-corrected chi connectivity index (χ4v) is 4.30. The first-order chi connectivity index (χ1) is 15.3. The van der Waals surface area contributed by atoms with Crippen LogP contribution in [0.15, 0.2) is 12.3 Å². The van der Waals surface area contributed by atoms with Crippen molar-refractivity contribution in [1.29, 1.82) is 0 Å². The molecule has 2 aromatic rings. The van der Waals surface area contributed by atoms with Gasteiger partial charge in [-0.3, -0.25) is 0 Å². The second-order valence-electron chi connectivity index (χ2n) is 10.6. The number of carbonyl (C=O) groups is 1. The molecule has 184 valence electrons. The Kier molecular flexibility index (Phi) is 7.90. The number of piperidine rings is 1. The highest BCUT2D eigenvalue weighted by atomic mass is 35.5. The predicted octanol–water partition coefficient (Wildman–Crippen LogP) is 5.12. The maximum atomic E-state index is 14.7. The van der Waals surface area contributed by atoms with Crippen LogP contribution in [-0.2, 0) is 16.2 Å². The topological polar surface area (TPSA) is 78.7 Å². The van der Waals surface area contributed by atoms with Gasteiger partial charge in [0.15, 0.2) is 5.65 Å². The Morgan fingerprint density at radius 3 is 2.70 bits per heavy atom.